The van der Waals surface area contributed by atoms with Crippen LogP contribution in [-0.2, 0) is 10.0 Å². The second kappa shape index (κ2) is 4.29. The summed E-state index contributed by atoms with van der Waals surface area (Å²) in [4.78, 5) is 7.20. The van der Waals surface area contributed by atoms with Gasteiger partial charge in [0.2, 0.25) is 10.0 Å². The SMILES string of the molecule is NC(=S)CS(=O)(=O)Nc1cncnc1. The second-order valence-electron chi connectivity index (χ2n) is 2.45. The molecule has 0 saturated carbocycles. The number of nitrogens with zero attached hydrogens (tertiary/aromatic N) is 2. The van der Waals surface area contributed by atoms with E-state index in [1.807, 2.05) is 0 Å². The van der Waals surface area contributed by atoms with Crippen LogP contribution >= 0.6 is 12.2 Å². The highest BCUT2D eigenvalue weighted by Gasteiger charge is 2.11. The van der Waals surface area contributed by atoms with E-state index in [2.05, 4.69) is 26.9 Å². The minimum Gasteiger partial charge on any atom is -0.392 e. The van der Waals surface area contributed by atoms with Crippen molar-refractivity contribution in [2.75, 3.05) is 10.5 Å². The lowest BCUT2D eigenvalue weighted by Gasteiger charge is -2.05. The average molecular weight is 232 g/mol. The molecule has 0 amide bonds. The maximum absolute atomic E-state index is 11.3. The number of rotatable bonds is 4. The molecule has 0 unspecified atom stereocenters. The molecule has 0 aliphatic rings. The third-order valence-electron chi connectivity index (χ3n) is 1.17. The van der Waals surface area contributed by atoms with Gasteiger partial charge in [0.25, 0.3) is 0 Å². The Kier molecular flexibility index (Phi) is 3.31. The molecule has 1 aromatic heterocycles. The summed E-state index contributed by atoms with van der Waals surface area (Å²) < 4.78 is 24.8. The van der Waals surface area contributed by atoms with Gasteiger partial charge in [-0.1, -0.05) is 12.2 Å². The topological polar surface area (TPSA) is 98.0 Å². The molecule has 0 aromatic carbocycles. The predicted octanol–water partition coefficient (Wildman–Crippen LogP) is -0.496. The van der Waals surface area contributed by atoms with Crippen molar-refractivity contribution < 1.29 is 8.42 Å². The zero-order chi connectivity index (χ0) is 10.6. The molecular weight excluding hydrogens is 224 g/mol. The number of hydrogen-bond acceptors (Lipinski definition) is 5. The second-order valence-corrected chi connectivity index (χ2v) is 4.70. The summed E-state index contributed by atoms with van der Waals surface area (Å²) in [6.45, 7) is 0. The first-order chi connectivity index (χ1) is 6.49. The number of nitrogens with one attached hydrogen (secondary N) is 1. The van der Waals surface area contributed by atoms with Crippen LogP contribution in [0, 0.1) is 0 Å². The summed E-state index contributed by atoms with van der Waals surface area (Å²) >= 11 is 4.49. The van der Waals surface area contributed by atoms with E-state index in [1.165, 1.54) is 18.7 Å². The molecule has 0 atom stereocenters. The van der Waals surface area contributed by atoms with Crippen LogP contribution in [0.1, 0.15) is 0 Å². The Balaban J connectivity index is 2.74. The Bertz CT molecular complexity index is 417. The summed E-state index contributed by atoms with van der Waals surface area (Å²) in [5, 5.41) is 0. The summed E-state index contributed by atoms with van der Waals surface area (Å²) in [5.41, 5.74) is 5.39. The Morgan fingerprint density at radius 3 is 2.57 bits per heavy atom. The number of hydrogen-bond donors (Lipinski definition) is 2. The van der Waals surface area contributed by atoms with Gasteiger partial charge in [0.15, 0.2) is 0 Å². The van der Waals surface area contributed by atoms with E-state index < -0.39 is 15.8 Å². The van der Waals surface area contributed by atoms with E-state index in [1.54, 1.807) is 0 Å². The first kappa shape index (κ1) is 10.8. The fourth-order valence-electron chi connectivity index (χ4n) is 0.755. The zero-order valence-electron chi connectivity index (χ0n) is 7.04. The molecule has 0 bridgehead atoms. The normalized spacial score (nSPS) is 10.9. The first-order valence-electron chi connectivity index (χ1n) is 3.53. The van der Waals surface area contributed by atoms with Crippen molar-refractivity contribution in [1.29, 1.82) is 0 Å². The molecule has 76 valence electrons. The highest BCUT2D eigenvalue weighted by atomic mass is 32.2. The van der Waals surface area contributed by atoms with Crippen LogP contribution in [0.4, 0.5) is 5.69 Å². The molecule has 0 saturated heterocycles. The van der Waals surface area contributed by atoms with Crippen LogP contribution in [0.2, 0.25) is 0 Å². The smallest absolute Gasteiger partial charge is 0.239 e. The monoisotopic (exact) mass is 232 g/mol. The van der Waals surface area contributed by atoms with Gasteiger partial charge >= 0.3 is 0 Å². The molecule has 6 nitrogen and oxygen atoms in total. The van der Waals surface area contributed by atoms with Crippen LogP contribution in [-0.4, -0.2) is 29.1 Å². The molecule has 8 heteroatoms. The van der Waals surface area contributed by atoms with Crippen LogP contribution in [0.25, 0.3) is 0 Å². The van der Waals surface area contributed by atoms with Crippen molar-refractivity contribution in [2.24, 2.45) is 5.73 Å². The fraction of sp³-hybridized carbons (Fsp3) is 0.167. The molecule has 0 aliphatic carbocycles. The highest BCUT2D eigenvalue weighted by Crippen LogP contribution is 2.03. The van der Waals surface area contributed by atoms with Gasteiger partial charge in [0.05, 0.1) is 23.1 Å². The summed E-state index contributed by atoms with van der Waals surface area (Å²) in [5.74, 6) is -0.392. The van der Waals surface area contributed by atoms with Gasteiger partial charge < -0.3 is 5.73 Å². The highest BCUT2D eigenvalue weighted by molar-refractivity contribution is 7.95. The number of thiocarbonyl (C=S) groups is 1. The maximum Gasteiger partial charge on any atom is 0.239 e. The number of aromatic nitrogens is 2. The summed E-state index contributed by atoms with van der Waals surface area (Å²) in [6, 6.07) is 0. The minimum absolute atomic E-state index is 0.0886. The van der Waals surface area contributed by atoms with Crippen LogP contribution < -0.4 is 10.5 Å². The molecule has 0 fully saturated rings. The Morgan fingerprint density at radius 1 is 1.50 bits per heavy atom. The Morgan fingerprint density at radius 2 is 2.07 bits per heavy atom. The molecule has 1 aromatic rings. The van der Waals surface area contributed by atoms with Crippen molar-refractivity contribution in [1.82, 2.24) is 9.97 Å². The lowest BCUT2D eigenvalue weighted by molar-refractivity contribution is 0.605. The van der Waals surface area contributed by atoms with Crippen molar-refractivity contribution >= 4 is 32.9 Å². The first-order valence-corrected chi connectivity index (χ1v) is 5.59. The standard InChI is InChI=1S/C6H8N4O2S2/c7-6(13)3-14(11,12)10-5-1-8-4-9-2-5/h1-2,4,10H,3H2,(H2,7,13). The lowest BCUT2D eigenvalue weighted by atomic mass is 10.6. The number of sulfonamides is 1. The van der Waals surface area contributed by atoms with Gasteiger partial charge in [-0.2, -0.15) is 0 Å². The Hall–Kier alpha value is -1.28. The van der Waals surface area contributed by atoms with Crippen molar-refractivity contribution in [3.8, 4) is 0 Å². The van der Waals surface area contributed by atoms with Crippen molar-refractivity contribution in [2.45, 2.75) is 0 Å². The molecular formula is C6H8N4O2S2. The predicted molar refractivity (Wildman–Crippen MR) is 56.2 cm³/mol. The number of nitrogens with two attached hydrogens (primary N) is 1. The Labute approximate surface area is 86.6 Å². The van der Waals surface area contributed by atoms with Crippen LogP contribution in [0.15, 0.2) is 18.7 Å². The van der Waals surface area contributed by atoms with E-state index in [4.69, 9.17) is 5.73 Å². The molecule has 0 spiro atoms. The van der Waals surface area contributed by atoms with Gasteiger partial charge in [-0.05, 0) is 0 Å². The van der Waals surface area contributed by atoms with E-state index >= 15 is 0 Å². The van der Waals surface area contributed by atoms with Gasteiger partial charge in [-0.15, -0.1) is 0 Å². The minimum atomic E-state index is -3.53. The van der Waals surface area contributed by atoms with E-state index in [9.17, 15) is 8.42 Å². The lowest BCUT2D eigenvalue weighted by Crippen LogP contribution is -2.26. The summed E-state index contributed by atoms with van der Waals surface area (Å²) in [7, 11) is -3.53. The third kappa shape index (κ3) is 3.62. The van der Waals surface area contributed by atoms with Crippen LogP contribution in [0.5, 0.6) is 0 Å². The molecule has 3 N–H and O–H groups in total. The molecule has 14 heavy (non-hydrogen) atoms. The van der Waals surface area contributed by atoms with Crippen LogP contribution in [0.3, 0.4) is 0 Å². The average Bonchev–Trinajstić information content (AvgIpc) is 2.02. The van der Waals surface area contributed by atoms with E-state index in [0.29, 0.717) is 0 Å². The molecule has 0 radical (unpaired) electrons. The van der Waals surface area contributed by atoms with E-state index in [-0.39, 0.29) is 10.7 Å². The third-order valence-corrected chi connectivity index (χ3v) is 2.73. The molecule has 1 heterocycles. The molecule has 1 rings (SSSR count). The van der Waals surface area contributed by atoms with Gasteiger partial charge in [-0.3, -0.25) is 4.72 Å². The largest absolute Gasteiger partial charge is 0.392 e. The fourth-order valence-corrected chi connectivity index (χ4v) is 2.13. The van der Waals surface area contributed by atoms with Gasteiger partial charge in [0, 0.05) is 0 Å². The molecule has 0 aliphatic heterocycles. The van der Waals surface area contributed by atoms with Crippen molar-refractivity contribution in [3.05, 3.63) is 18.7 Å². The summed E-state index contributed by atoms with van der Waals surface area (Å²) in [6.07, 6.45) is 3.97. The number of anilines is 1. The van der Waals surface area contributed by atoms with Gasteiger partial charge in [-0.25, -0.2) is 18.4 Å². The van der Waals surface area contributed by atoms with E-state index in [0.717, 1.165) is 0 Å². The quantitative estimate of drug-likeness (QED) is 0.679. The maximum atomic E-state index is 11.3. The van der Waals surface area contributed by atoms with Crippen molar-refractivity contribution in [3.63, 3.8) is 0 Å². The van der Waals surface area contributed by atoms with Gasteiger partial charge in [0.1, 0.15) is 12.1 Å². The zero-order valence-corrected chi connectivity index (χ0v) is 8.68.